The summed E-state index contributed by atoms with van der Waals surface area (Å²) in [5, 5.41) is 16.4. The van der Waals surface area contributed by atoms with Gasteiger partial charge in [-0.1, -0.05) is 19.4 Å². The van der Waals surface area contributed by atoms with E-state index in [1.54, 1.807) is 0 Å². The molecule has 1 heterocycles. The van der Waals surface area contributed by atoms with Gasteiger partial charge < -0.3 is 10.2 Å². The molecule has 0 atom stereocenters. The predicted molar refractivity (Wildman–Crippen MR) is 74.0 cm³/mol. The van der Waals surface area contributed by atoms with Gasteiger partial charge >= 0.3 is 5.97 Å². The lowest BCUT2D eigenvalue weighted by Gasteiger charge is -2.12. The van der Waals surface area contributed by atoms with Crippen LogP contribution in [0.3, 0.4) is 0 Å². The largest absolute Gasteiger partial charge is 0.478 e. The standard InChI is InChI=1S/C10H17NO3.C4H6O2/c12-8-4-2-1-3-7-11-9(13)5-6-10(11)14;1-3(2)4(5)6/h12H,1-8H2;1H2,2H3,(H,5,6). The molecule has 0 aliphatic carbocycles. The molecule has 1 fully saturated rings. The third-order valence-corrected chi connectivity index (χ3v) is 2.81. The van der Waals surface area contributed by atoms with Gasteiger partial charge in [0, 0.05) is 31.6 Å². The highest BCUT2D eigenvalue weighted by molar-refractivity contribution is 6.01. The molecule has 2 amide bonds. The summed E-state index contributed by atoms with van der Waals surface area (Å²) in [6, 6.07) is 0. The molecular weight excluding hydrogens is 262 g/mol. The molecule has 6 heteroatoms. The van der Waals surface area contributed by atoms with E-state index in [9.17, 15) is 14.4 Å². The van der Waals surface area contributed by atoms with Crippen molar-refractivity contribution in [2.45, 2.75) is 45.4 Å². The van der Waals surface area contributed by atoms with Crippen LogP contribution >= 0.6 is 0 Å². The van der Waals surface area contributed by atoms with Crippen LogP contribution in [0.25, 0.3) is 0 Å². The molecule has 1 rings (SSSR count). The van der Waals surface area contributed by atoms with E-state index >= 15 is 0 Å². The highest BCUT2D eigenvalue weighted by atomic mass is 16.4. The first-order chi connectivity index (χ1) is 9.40. The summed E-state index contributed by atoms with van der Waals surface area (Å²) in [6.07, 6.45) is 4.37. The van der Waals surface area contributed by atoms with E-state index in [0.717, 1.165) is 25.7 Å². The van der Waals surface area contributed by atoms with E-state index in [1.165, 1.54) is 11.8 Å². The number of carbonyl (C=O) groups is 3. The van der Waals surface area contributed by atoms with Gasteiger partial charge in [-0.05, 0) is 19.8 Å². The SMILES string of the molecule is C=C(C)C(=O)O.O=C1CCC(=O)N1CCCCCCO. The minimum absolute atomic E-state index is 0.0304. The molecule has 0 aromatic heterocycles. The van der Waals surface area contributed by atoms with E-state index in [1.807, 2.05) is 0 Å². The van der Waals surface area contributed by atoms with Crippen LogP contribution in [0, 0.1) is 0 Å². The smallest absolute Gasteiger partial charge is 0.330 e. The molecule has 1 aliphatic heterocycles. The maximum atomic E-state index is 11.2. The number of carboxylic acids is 1. The van der Waals surface area contributed by atoms with E-state index in [-0.39, 0.29) is 24.0 Å². The lowest BCUT2D eigenvalue weighted by atomic mass is 10.2. The predicted octanol–water partition coefficient (Wildman–Crippen LogP) is 1.34. The normalized spacial score (nSPS) is 14.0. The highest BCUT2D eigenvalue weighted by Crippen LogP contribution is 2.13. The fraction of sp³-hybridized carbons (Fsp3) is 0.643. The van der Waals surface area contributed by atoms with Crippen molar-refractivity contribution in [3.05, 3.63) is 12.2 Å². The number of hydrogen-bond acceptors (Lipinski definition) is 4. The molecule has 0 radical (unpaired) electrons. The molecule has 2 N–H and O–H groups in total. The number of aliphatic carboxylic acids is 1. The average Bonchev–Trinajstić information content (AvgIpc) is 2.70. The molecule has 0 unspecified atom stereocenters. The Balaban J connectivity index is 0.000000511. The molecular formula is C14H23NO5. The lowest BCUT2D eigenvalue weighted by Crippen LogP contribution is -2.29. The Labute approximate surface area is 119 Å². The number of carboxylic acid groups (broad SMARTS) is 1. The van der Waals surface area contributed by atoms with Crippen molar-refractivity contribution in [3.8, 4) is 0 Å². The molecule has 6 nitrogen and oxygen atoms in total. The number of imide groups is 1. The quantitative estimate of drug-likeness (QED) is 0.418. The Morgan fingerprint density at radius 3 is 2.00 bits per heavy atom. The zero-order valence-corrected chi connectivity index (χ0v) is 11.9. The fourth-order valence-electron chi connectivity index (χ4n) is 1.61. The number of amides is 2. The van der Waals surface area contributed by atoms with Crippen LogP contribution in [0.4, 0.5) is 0 Å². The monoisotopic (exact) mass is 285 g/mol. The van der Waals surface area contributed by atoms with Crippen LogP contribution in [0.1, 0.15) is 45.4 Å². The van der Waals surface area contributed by atoms with E-state index in [2.05, 4.69) is 6.58 Å². The first-order valence-electron chi connectivity index (χ1n) is 6.73. The minimum Gasteiger partial charge on any atom is -0.478 e. The van der Waals surface area contributed by atoms with Gasteiger partial charge in [-0.3, -0.25) is 14.5 Å². The van der Waals surface area contributed by atoms with Gasteiger partial charge in [-0.2, -0.15) is 0 Å². The van der Waals surface area contributed by atoms with Crippen molar-refractivity contribution >= 4 is 17.8 Å². The van der Waals surface area contributed by atoms with Crippen LogP contribution in [0.5, 0.6) is 0 Å². The number of aliphatic hydroxyl groups is 1. The van der Waals surface area contributed by atoms with Crippen LogP contribution < -0.4 is 0 Å². The molecule has 1 aliphatic rings. The van der Waals surface area contributed by atoms with Gasteiger partial charge in [0.25, 0.3) is 0 Å². The summed E-state index contributed by atoms with van der Waals surface area (Å²) >= 11 is 0. The van der Waals surface area contributed by atoms with Gasteiger partial charge in [0.15, 0.2) is 0 Å². The minimum atomic E-state index is -0.935. The highest BCUT2D eigenvalue weighted by Gasteiger charge is 2.27. The first-order valence-corrected chi connectivity index (χ1v) is 6.73. The maximum Gasteiger partial charge on any atom is 0.330 e. The van der Waals surface area contributed by atoms with Crippen molar-refractivity contribution in [1.82, 2.24) is 4.90 Å². The summed E-state index contributed by atoms with van der Waals surface area (Å²) < 4.78 is 0. The molecule has 114 valence electrons. The Morgan fingerprint density at radius 2 is 1.60 bits per heavy atom. The summed E-state index contributed by atoms with van der Waals surface area (Å²) in [5.74, 6) is -0.996. The second-order valence-electron chi connectivity index (χ2n) is 4.66. The number of likely N-dealkylation sites (tertiary alicyclic amines) is 1. The third-order valence-electron chi connectivity index (χ3n) is 2.81. The topological polar surface area (TPSA) is 94.9 Å². The van der Waals surface area contributed by atoms with Crippen LogP contribution in [0.15, 0.2) is 12.2 Å². The molecule has 0 spiro atoms. The molecule has 0 bridgehead atoms. The molecule has 0 saturated carbocycles. The summed E-state index contributed by atoms with van der Waals surface area (Å²) in [4.78, 5) is 33.3. The van der Waals surface area contributed by atoms with Crippen LogP contribution in [0.2, 0.25) is 0 Å². The van der Waals surface area contributed by atoms with E-state index in [4.69, 9.17) is 10.2 Å². The second-order valence-corrected chi connectivity index (χ2v) is 4.66. The molecule has 20 heavy (non-hydrogen) atoms. The number of aliphatic hydroxyl groups excluding tert-OH is 1. The van der Waals surface area contributed by atoms with Crippen molar-refractivity contribution in [1.29, 1.82) is 0 Å². The zero-order chi connectivity index (χ0) is 15.5. The fourth-order valence-corrected chi connectivity index (χ4v) is 1.61. The van der Waals surface area contributed by atoms with Gasteiger partial charge in [-0.25, -0.2) is 4.79 Å². The third kappa shape index (κ3) is 7.68. The molecule has 0 aromatic carbocycles. The van der Waals surface area contributed by atoms with Gasteiger partial charge in [0.05, 0.1) is 0 Å². The van der Waals surface area contributed by atoms with E-state index < -0.39 is 5.97 Å². The first kappa shape index (κ1) is 18.3. The number of carbonyl (C=O) groups excluding carboxylic acids is 2. The Hall–Kier alpha value is -1.69. The number of nitrogens with zero attached hydrogens (tertiary/aromatic N) is 1. The Morgan fingerprint density at radius 1 is 1.15 bits per heavy atom. The number of unbranched alkanes of at least 4 members (excludes halogenated alkanes) is 3. The second kappa shape index (κ2) is 10.1. The summed E-state index contributed by atoms with van der Waals surface area (Å²) in [7, 11) is 0. The van der Waals surface area contributed by atoms with Gasteiger partial charge in [0.2, 0.25) is 11.8 Å². The van der Waals surface area contributed by atoms with Crippen molar-refractivity contribution in [2.75, 3.05) is 13.2 Å². The Bertz CT molecular complexity index is 337. The van der Waals surface area contributed by atoms with Crippen LogP contribution in [-0.2, 0) is 14.4 Å². The number of rotatable bonds is 7. The maximum absolute atomic E-state index is 11.2. The molecule has 1 saturated heterocycles. The summed E-state index contributed by atoms with van der Waals surface area (Å²) in [6.45, 7) is 5.38. The zero-order valence-electron chi connectivity index (χ0n) is 11.9. The Kier molecular flexibility index (Phi) is 9.28. The van der Waals surface area contributed by atoms with E-state index in [0.29, 0.717) is 19.4 Å². The molecule has 0 aromatic rings. The average molecular weight is 285 g/mol. The number of hydrogen-bond donors (Lipinski definition) is 2. The van der Waals surface area contributed by atoms with Crippen LogP contribution in [-0.4, -0.2) is 46.0 Å². The van der Waals surface area contributed by atoms with Crippen molar-refractivity contribution in [3.63, 3.8) is 0 Å². The lowest BCUT2D eigenvalue weighted by molar-refractivity contribution is -0.138. The van der Waals surface area contributed by atoms with Gasteiger partial charge in [0.1, 0.15) is 0 Å². The van der Waals surface area contributed by atoms with Crippen molar-refractivity contribution in [2.24, 2.45) is 0 Å². The van der Waals surface area contributed by atoms with Gasteiger partial charge in [-0.15, -0.1) is 0 Å². The van der Waals surface area contributed by atoms with Crippen molar-refractivity contribution < 1.29 is 24.6 Å². The summed E-state index contributed by atoms with van der Waals surface area (Å²) in [5.41, 5.74) is 0.176.